The number of likely N-dealkylation sites (tertiary alicyclic amines) is 3. The van der Waals surface area contributed by atoms with E-state index in [1.165, 1.54) is 9.80 Å². The number of phenols is 1. The smallest absolute Gasteiger partial charge is 0.410 e. The van der Waals surface area contributed by atoms with Crippen molar-refractivity contribution in [2.24, 2.45) is 0 Å². The first-order valence-corrected chi connectivity index (χ1v) is 18.3. The van der Waals surface area contributed by atoms with Crippen LogP contribution in [-0.4, -0.2) is 123 Å². The lowest BCUT2D eigenvalue weighted by atomic mass is 9.90. The molecule has 3 unspecified atom stereocenters. The standard InChI is InChI=1S/C38H49N5O9/c1-23-19-25(20-24(2)33(23)44)21-32(34(45)43-18-13-28(22-31(43)36(48)49)41-14-6-5-9-30(41)35(46)47)52-38(51)40-15-11-27(12-16-40)42-17-10-26-7-3-4-8-29(26)39-37(42)50/h3-4,7-8,19-20,27-28,30-32,44H,5-6,9-18,21-22H2,1-2H3,(H,39,50)(H,46,47)(H,48,49)/q+1/t28?,30?,31?,32-/m1/s1. The number of hydrogen-bond acceptors (Lipinski definition) is 8. The van der Waals surface area contributed by atoms with E-state index in [2.05, 4.69) is 5.32 Å². The maximum absolute atomic E-state index is 14.3. The lowest BCUT2D eigenvalue weighted by Crippen LogP contribution is -2.62. The first-order chi connectivity index (χ1) is 24.9. The number of anilines is 1. The van der Waals surface area contributed by atoms with E-state index < -0.39 is 42.1 Å². The van der Waals surface area contributed by atoms with Crippen LogP contribution in [0, 0.1) is 13.8 Å². The van der Waals surface area contributed by atoms with Crippen molar-refractivity contribution in [3.8, 4) is 5.75 Å². The molecule has 3 saturated heterocycles. The Morgan fingerprint density at radius 1 is 0.942 bits per heavy atom. The van der Waals surface area contributed by atoms with E-state index in [-0.39, 0.29) is 43.3 Å². The number of hydrogen-bond donors (Lipinski definition) is 4. The summed E-state index contributed by atoms with van der Waals surface area (Å²) in [7, 11) is 0. The van der Waals surface area contributed by atoms with E-state index >= 15 is 0 Å². The predicted octanol–water partition coefficient (Wildman–Crippen LogP) is 3.83. The highest BCUT2D eigenvalue weighted by atomic mass is 16.6. The zero-order chi connectivity index (χ0) is 37.1. The van der Waals surface area contributed by atoms with Crippen molar-refractivity contribution in [2.75, 3.05) is 38.0 Å². The average molecular weight is 720 g/mol. The number of benzene rings is 2. The third-order valence-corrected chi connectivity index (χ3v) is 11.2. The number of ether oxygens (including phenoxy) is 1. The summed E-state index contributed by atoms with van der Waals surface area (Å²) in [5, 5.41) is 33.5. The Morgan fingerprint density at radius 3 is 2.35 bits per heavy atom. The molecule has 1 radical (unpaired) electrons. The summed E-state index contributed by atoms with van der Waals surface area (Å²) in [6.07, 6.45) is 2.24. The Bertz CT molecular complexity index is 1670. The van der Waals surface area contributed by atoms with Gasteiger partial charge in [0.1, 0.15) is 24.4 Å². The molecule has 0 spiro atoms. The summed E-state index contributed by atoms with van der Waals surface area (Å²) in [5.74, 6) is -2.64. The van der Waals surface area contributed by atoms with Crippen molar-refractivity contribution in [3.63, 3.8) is 0 Å². The van der Waals surface area contributed by atoms with Gasteiger partial charge in [0.05, 0.1) is 0 Å². The molecule has 6 rings (SSSR count). The number of aryl methyl sites for hydroxylation is 2. The number of aliphatic carboxylic acids is 2. The topological polar surface area (TPSA) is 183 Å². The van der Waals surface area contributed by atoms with Gasteiger partial charge in [-0.2, -0.15) is 4.90 Å². The van der Waals surface area contributed by atoms with Gasteiger partial charge < -0.3 is 40.1 Å². The fourth-order valence-electron chi connectivity index (χ4n) is 8.44. The van der Waals surface area contributed by atoms with Gasteiger partial charge in [0, 0.05) is 70.0 Å². The van der Waals surface area contributed by atoms with Gasteiger partial charge in [0.15, 0.2) is 6.10 Å². The molecule has 14 heteroatoms. The number of para-hydroxylation sites is 1. The monoisotopic (exact) mass is 719 g/mol. The third-order valence-electron chi connectivity index (χ3n) is 11.2. The minimum absolute atomic E-state index is 0.0308. The predicted molar refractivity (Wildman–Crippen MR) is 190 cm³/mol. The van der Waals surface area contributed by atoms with E-state index in [9.17, 15) is 39.3 Å². The van der Waals surface area contributed by atoms with Crippen LogP contribution in [0.5, 0.6) is 5.75 Å². The number of fused-ring (bicyclic) bond motifs is 1. The maximum atomic E-state index is 14.3. The Morgan fingerprint density at radius 2 is 1.65 bits per heavy atom. The van der Waals surface area contributed by atoms with Crippen molar-refractivity contribution in [1.82, 2.24) is 19.6 Å². The second kappa shape index (κ2) is 15.8. The largest absolute Gasteiger partial charge is 0.507 e. The lowest BCUT2D eigenvalue weighted by molar-refractivity contribution is -0.158. The first-order valence-electron chi connectivity index (χ1n) is 18.3. The minimum atomic E-state index is -1.34. The Kier molecular flexibility index (Phi) is 11.2. The number of carboxylic acids is 2. The van der Waals surface area contributed by atoms with Crippen LogP contribution in [0.25, 0.3) is 0 Å². The summed E-state index contributed by atoms with van der Waals surface area (Å²) in [6, 6.07) is 8.65. The molecule has 52 heavy (non-hydrogen) atoms. The van der Waals surface area contributed by atoms with Gasteiger partial charge in [-0.1, -0.05) is 30.3 Å². The van der Waals surface area contributed by atoms with Gasteiger partial charge in [0.2, 0.25) is 6.04 Å². The Balaban J connectivity index is 1.15. The number of carbonyl (C=O) groups excluding carboxylic acids is 3. The van der Waals surface area contributed by atoms with Crippen LogP contribution in [0.15, 0.2) is 36.4 Å². The van der Waals surface area contributed by atoms with Crippen molar-refractivity contribution in [1.29, 1.82) is 0 Å². The van der Waals surface area contributed by atoms with Crippen LogP contribution >= 0.6 is 0 Å². The number of amides is 4. The molecule has 4 N–H and O–H groups in total. The van der Waals surface area contributed by atoms with Crippen molar-refractivity contribution >= 4 is 35.7 Å². The van der Waals surface area contributed by atoms with Gasteiger partial charge in [0.25, 0.3) is 5.91 Å². The molecular formula is C38H49N5O9+. The summed E-state index contributed by atoms with van der Waals surface area (Å²) >= 11 is 0. The van der Waals surface area contributed by atoms with Crippen LogP contribution in [0.4, 0.5) is 15.3 Å². The SMILES string of the molecule is Cc1cc(C[C@@H](OC(=O)N2CCC(N3CCc4ccccc4NC3=O)CC2)C(=O)N2CCC([N+]3CCCCC3C(=O)O)CC2C(=O)O)cc(C)c1O. The highest BCUT2D eigenvalue weighted by Crippen LogP contribution is 2.30. The Labute approximate surface area is 303 Å². The van der Waals surface area contributed by atoms with Gasteiger partial charge in [-0.15, -0.1) is 0 Å². The van der Waals surface area contributed by atoms with E-state index in [1.54, 1.807) is 26.0 Å². The number of nitrogens with one attached hydrogen (secondary N) is 1. The molecular weight excluding hydrogens is 670 g/mol. The normalized spacial score (nSPS) is 23.6. The molecule has 4 amide bonds. The number of aromatic hydroxyl groups is 1. The molecule has 0 aliphatic carbocycles. The summed E-state index contributed by atoms with van der Waals surface area (Å²) in [5.41, 5.74) is 3.70. The summed E-state index contributed by atoms with van der Waals surface area (Å²) in [4.78, 5) is 72.3. The van der Waals surface area contributed by atoms with E-state index in [4.69, 9.17) is 4.74 Å². The highest BCUT2D eigenvalue weighted by Gasteiger charge is 2.49. The van der Waals surface area contributed by atoms with Crippen molar-refractivity contribution in [3.05, 3.63) is 58.7 Å². The molecule has 4 aliphatic heterocycles. The van der Waals surface area contributed by atoms with Crippen LogP contribution in [0.2, 0.25) is 0 Å². The van der Waals surface area contributed by atoms with E-state index in [0.717, 1.165) is 24.1 Å². The minimum Gasteiger partial charge on any atom is -0.507 e. The van der Waals surface area contributed by atoms with Crippen molar-refractivity contribution in [2.45, 2.75) is 102 Å². The molecule has 0 saturated carbocycles. The number of carbonyl (C=O) groups is 5. The van der Waals surface area contributed by atoms with Gasteiger partial charge in [-0.05, 0) is 67.9 Å². The summed E-state index contributed by atoms with van der Waals surface area (Å²) < 4.78 is 5.96. The molecule has 0 aromatic heterocycles. The number of urea groups is 1. The number of phenolic OH excluding ortho intramolecular Hbond substituents is 1. The third kappa shape index (κ3) is 7.96. The molecule has 4 heterocycles. The van der Waals surface area contributed by atoms with E-state index in [1.807, 2.05) is 34.1 Å². The fourth-order valence-corrected chi connectivity index (χ4v) is 8.44. The Hall–Kier alpha value is -4.85. The molecule has 2 aromatic rings. The second-order valence-electron chi connectivity index (χ2n) is 14.6. The number of piperidine rings is 3. The van der Waals surface area contributed by atoms with Crippen LogP contribution in [0.1, 0.15) is 67.2 Å². The van der Waals surface area contributed by atoms with E-state index in [0.29, 0.717) is 75.0 Å². The molecule has 4 atom stereocenters. The highest BCUT2D eigenvalue weighted by molar-refractivity contribution is 5.91. The zero-order valence-corrected chi connectivity index (χ0v) is 29.8. The van der Waals surface area contributed by atoms with Gasteiger partial charge in [-0.25, -0.2) is 19.2 Å². The van der Waals surface area contributed by atoms with Crippen molar-refractivity contribution < 1.29 is 44.0 Å². The molecule has 4 aliphatic rings. The summed E-state index contributed by atoms with van der Waals surface area (Å²) in [6.45, 7) is 5.25. The fraction of sp³-hybridized carbons (Fsp3) is 0.553. The van der Waals surface area contributed by atoms with Gasteiger partial charge >= 0.3 is 24.1 Å². The molecule has 2 aromatic carbocycles. The quantitative estimate of drug-likeness (QED) is 0.295. The average Bonchev–Trinajstić information content (AvgIpc) is 3.30. The zero-order valence-electron chi connectivity index (χ0n) is 29.8. The molecule has 279 valence electrons. The molecule has 3 fully saturated rings. The maximum Gasteiger partial charge on any atom is 0.410 e. The lowest BCUT2D eigenvalue weighted by Gasteiger charge is -2.41. The number of nitrogens with zero attached hydrogens (tertiary/aromatic N) is 4. The number of rotatable bonds is 8. The number of carboxylic acid groups (broad SMARTS) is 2. The van der Waals surface area contributed by atoms with Crippen LogP contribution < -0.4 is 10.2 Å². The second-order valence-corrected chi connectivity index (χ2v) is 14.6. The van der Waals surface area contributed by atoms with Crippen LogP contribution in [0.3, 0.4) is 0 Å². The molecule has 14 nitrogen and oxygen atoms in total. The van der Waals surface area contributed by atoms with Crippen LogP contribution in [-0.2, 0) is 32.0 Å². The van der Waals surface area contributed by atoms with Gasteiger partial charge in [-0.3, -0.25) is 4.79 Å². The first kappa shape index (κ1) is 36.9. The molecule has 0 bridgehead atoms.